The summed E-state index contributed by atoms with van der Waals surface area (Å²) in [5.74, 6) is -1.49. The van der Waals surface area contributed by atoms with E-state index in [1.165, 1.54) is 12.1 Å². The molecule has 1 aromatic rings. The summed E-state index contributed by atoms with van der Waals surface area (Å²) < 4.78 is 13.5. The first-order valence-electron chi connectivity index (χ1n) is 6.33. The standard InChI is InChI=1S/C15H20FNO2/c1-4-11(2)17(3)10-12-5-7-14(16)13(9-12)6-8-15(18)19/h5-9,11H,4,10H2,1-3H3,(H,18,19)/b8-6+. The largest absolute Gasteiger partial charge is 0.478 e. The van der Waals surface area contributed by atoms with Crippen molar-refractivity contribution in [1.29, 1.82) is 0 Å². The van der Waals surface area contributed by atoms with Crippen LogP contribution in [0.3, 0.4) is 0 Å². The Balaban J connectivity index is 2.87. The molecule has 0 aliphatic rings. The number of rotatable bonds is 6. The molecule has 0 radical (unpaired) electrons. The highest BCUT2D eigenvalue weighted by molar-refractivity contribution is 5.85. The van der Waals surface area contributed by atoms with Gasteiger partial charge in [0.15, 0.2) is 0 Å². The third-order valence-electron chi connectivity index (χ3n) is 3.24. The summed E-state index contributed by atoms with van der Waals surface area (Å²) in [5.41, 5.74) is 1.27. The number of hydrogen-bond acceptors (Lipinski definition) is 2. The third-order valence-corrected chi connectivity index (χ3v) is 3.24. The smallest absolute Gasteiger partial charge is 0.328 e. The van der Waals surface area contributed by atoms with Crippen LogP contribution in [0.15, 0.2) is 24.3 Å². The summed E-state index contributed by atoms with van der Waals surface area (Å²) in [6, 6.07) is 5.24. The molecular weight excluding hydrogens is 245 g/mol. The fraction of sp³-hybridized carbons (Fsp3) is 0.400. The van der Waals surface area contributed by atoms with Crippen molar-refractivity contribution in [2.24, 2.45) is 0 Å². The van der Waals surface area contributed by atoms with E-state index < -0.39 is 11.8 Å². The molecule has 0 saturated carbocycles. The lowest BCUT2D eigenvalue weighted by Gasteiger charge is -2.23. The highest BCUT2D eigenvalue weighted by atomic mass is 19.1. The number of benzene rings is 1. The molecule has 1 N–H and O–H groups in total. The summed E-state index contributed by atoms with van der Waals surface area (Å²) >= 11 is 0. The molecule has 0 saturated heterocycles. The van der Waals surface area contributed by atoms with Crippen LogP contribution in [0, 0.1) is 5.82 Å². The molecular formula is C15H20FNO2. The molecule has 1 atom stereocenters. The first-order valence-corrected chi connectivity index (χ1v) is 6.33. The molecule has 0 aliphatic carbocycles. The van der Waals surface area contributed by atoms with Crippen LogP contribution in [0.5, 0.6) is 0 Å². The van der Waals surface area contributed by atoms with Crippen LogP contribution in [0.4, 0.5) is 4.39 Å². The van der Waals surface area contributed by atoms with Crippen LogP contribution in [-0.2, 0) is 11.3 Å². The third kappa shape index (κ3) is 4.83. The number of carboxylic acids is 1. The maximum absolute atomic E-state index is 13.5. The van der Waals surface area contributed by atoms with Gasteiger partial charge in [0.25, 0.3) is 0 Å². The van der Waals surface area contributed by atoms with Crippen molar-refractivity contribution in [3.63, 3.8) is 0 Å². The van der Waals surface area contributed by atoms with Crippen molar-refractivity contribution in [1.82, 2.24) is 4.90 Å². The van der Waals surface area contributed by atoms with Crippen LogP contribution in [0.2, 0.25) is 0 Å². The molecule has 0 bridgehead atoms. The fourth-order valence-corrected chi connectivity index (χ4v) is 1.74. The van der Waals surface area contributed by atoms with E-state index in [1.807, 2.05) is 7.05 Å². The van der Waals surface area contributed by atoms with Gasteiger partial charge in [-0.05, 0) is 44.2 Å². The second-order valence-corrected chi connectivity index (χ2v) is 4.70. The van der Waals surface area contributed by atoms with E-state index in [9.17, 15) is 9.18 Å². The molecule has 1 unspecified atom stereocenters. The number of halogens is 1. The van der Waals surface area contributed by atoms with E-state index in [-0.39, 0.29) is 0 Å². The van der Waals surface area contributed by atoms with Crippen LogP contribution < -0.4 is 0 Å². The van der Waals surface area contributed by atoms with Gasteiger partial charge in [0, 0.05) is 24.2 Å². The van der Waals surface area contributed by atoms with Crippen LogP contribution >= 0.6 is 0 Å². The van der Waals surface area contributed by atoms with Gasteiger partial charge >= 0.3 is 5.97 Å². The van der Waals surface area contributed by atoms with Crippen molar-refractivity contribution in [3.8, 4) is 0 Å². The van der Waals surface area contributed by atoms with Crippen molar-refractivity contribution < 1.29 is 14.3 Å². The maximum Gasteiger partial charge on any atom is 0.328 e. The molecule has 1 aromatic carbocycles. The van der Waals surface area contributed by atoms with E-state index in [0.717, 1.165) is 18.1 Å². The molecule has 0 spiro atoms. The Morgan fingerprint density at radius 2 is 2.21 bits per heavy atom. The minimum atomic E-state index is -1.08. The number of hydrogen-bond donors (Lipinski definition) is 1. The van der Waals surface area contributed by atoms with Crippen LogP contribution in [0.1, 0.15) is 31.4 Å². The minimum absolute atomic E-state index is 0.303. The SMILES string of the molecule is CCC(C)N(C)Cc1ccc(F)c(/C=C/C(=O)O)c1. The number of carboxylic acid groups (broad SMARTS) is 1. The monoisotopic (exact) mass is 265 g/mol. The molecule has 0 aromatic heterocycles. The lowest BCUT2D eigenvalue weighted by atomic mass is 10.1. The molecule has 4 heteroatoms. The summed E-state index contributed by atoms with van der Waals surface area (Å²) in [6.07, 6.45) is 3.27. The van der Waals surface area contributed by atoms with Crippen molar-refractivity contribution in [2.45, 2.75) is 32.9 Å². The minimum Gasteiger partial charge on any atom is -0.478 e. The molecule has 0 amide bonds. The normalized spacial score (nSPS) is 13.1. The summed E-state index contributed by atoms with van der Waals surface area (Å²) in [7, 11) is 2.02. The second-order valence-electron chi connectivity index (χ2n) is 4.70. The quantitative estimate of drug-likeness (QED) is 0.803. The molecule has 0 fully saturated rings. The Kier molecular flexibility index (Phi) is 5.70. The van der Waals surface area contributed by atoms with Gasteiger partial charge in [-0.3, -0.25) is 4.90 Å². The Hall–Kier alpha value is -1.68. The average molecular weight is 265 g/mol. The summed E-state index contributed by atoms with van der Waals surface area (Å²) in [5, 5.41) is 8.57. The van der Waals surface area contributed by atoms with Gasteiger partial charge < -0.3 is 5.11 Å². The van der Waals surface area contributed by atoms with Gasteiger partial charge in [-0.15, -0.1) is 0 Å². The van der Waals surface area contributed by atoms with E-state index >= 15 is 0 Å². The Morgan fingerprint density at radius 1 is 1.53 bits per heavy atom. The molecule has 1 rings (SSSR count). The number of aliphatic carboxylic acids is 1. The van der Waals surface area contributed by atoms with Crippen molar-refractivity contribution in [2.75, 3.05) is 7.05 Å². The predicted octanol–water partition coefficient (Wildman–Crippen LogP) is 3.15. The topological polar surface area (TPSA) is 40.5 Å². The van der Waals surface area contributed by atoms with Gasteiger partial charge in [-0.1, -0.05) is 13.0 Å². The molecule has 3 nitrogen and oxygen atoms in total. The first-order chi connectivity index (χ1) is 8.93. The predicted molar refractivity (Wildman–Crippen MR) is 74.3 cm³/mol. The van der Waals surface area contributed by atoms with Crippen molar-refractivity contribution >= 4 is 12.0 Å². The molecule has 19 heavy (non-hydrogen) atoms. The highest BCUT2D eigenvalue weighted by Gasteiger charge is 2.08. The second kappa shape index (κ2) is 7.04. The van der Waals surface area contributed by atoms with E-state index in [0.29, 0.717) is 18.2 Å². The molecule has 104 valence electrons. The Bertz CT molecular complexity index is 471. The first kappa shape index (κ1) is 15.4. The van der Waals surface area contributed by atoms with E-state index in [2.05, 4.69) is 18.7 Å². The lowest BCUT2D eigenvalue weighted by molar-refractivity contribution is -0.131. The summed E-state index contributed by atoms with van der Waals surface area (Å²) in [4.78, 5) is 12.6. The van der Waals surface area contributed by atoms with E-state index in [1.54, 1.807) is 12.1 Å². The maximum atomic E-state index is 13.5. The van der Waals surface area contributed by atoms with Gasteiger partial charge in [0.1, 0.15) is 5.82 Å². The zero-order valence-corrected chi connectivity index (χ0v) is 11.6. The highest BCUT2D eigenvalue weighted by Crippen LogP contribution is 2.15. The molecule has 0 heterocycles. The van der Waals surface area contributed by atoms with Gasteiger partial charge in [0.2, 0.25) is 0 Å². The van der Waals surface area contributed by atoms with E-state index in [4.69, 9.17) is 5.11 Å². The average Bonchev–Trinajstić information content (AvgIpc) is 2.38. The van der Waals surface area contributed by atoms with Crippen molar-refractivity contribution in [3.05, 3.63) is 41.2 Å². The van der Waals surface area contributed by atoms with Gasteiger partial charge in [-0.2, -0.15) is 0 Å². The van der Waals surface area contributed by atoms with Gasteiger partial charge in [0.05, 0.1) is 0 Å². The zero-order chi connectivity index (χ0) is 14.4. The number of nitrogens with zero attached hydrogens (tertiary/aromatic N) is 1. The molecule has 0 aliphatic heterocycles. The summed E-state index contributed by atoms with van der Waals surface area (Å²) in [6.45, 7) is 4.96. The zero-order valence-electron chi connectivity index (χ0n) is 11.6. The lowest BCUT2D eigenvalue weighted by Crippen LogP contribution is -2.27. The van der Waals surface area contributed by atoms with Gasteiger partial charge in [-0.25, -0.2) is 9.18 Å². The Labute approximate surface area is 113 Å². The number of carbonyl (C=O) groups is 1. The fourth-order valence-electron chi connectivity index (χ4n) is 1.74. The van der Waals surface area contributed by atoms with Crippen LogP contribution in [0.25, 0.3) is 6.08 Å². The Morgan fingerprint density at radius 3 is 2.79 bits per heavy atom. The van der Waals surface area contributed by atoms with Crippen LogP contribution in [-0.4, -0.2) is 29.1 Å².